The summed E-state index contributed by atoms with van der Waals surface area (Å²) in [6.45, 7) is 0.284. The van der Waals surface area contributed by atoms with Gasteiger partial charge in [-0.2, -0.15) is 0 Å². The van der Waals surface area contributed by atoms with Gasteiger partial charge >= 0.3 is 0 Å². The largest absolute Gasteiger partial charge is 0.507 e. The lowest BCUT2D eigenvalue weighted by Gasteiger charge is -2.07. The van der Waals surface area contributed by atoms with Crippen molar-refractivity contribution < 1.29 is 14.6 Å². The maximum atomic E-state index is 12.1. The molecule has 6 nitrogen and oxygen atoms in total. The number of pyridine rings is 1. The first kappa shape index (κ1) is 13.9. The van der Waals surface area contributed by atoms with Crippen LogP contribution in [0.4, 0.5) is 0 Å². The van der Waals surface area contributed by atoms with E-state index < -0.39 is 0 Å². The highest BCUT2D eigenvalue weighted by Crippen LogP contribution is 2.23. The maximum Gasteiger partial charge on any atom is 0.255 e. The van der Waals surface area contributed by atoms with Gasteiger partial charge in [-0.05, 0) is 24.3 Å². The highest BCUT2D eigenvalue weighted by atomic mass is 16.5. The van der Waals surface area contributed by atoms with Crippen LogP contribution in [0.2, 0.25) is 0 Å². The van der Waals surface area contributed by atoms with Crippen molar-refractivity contribution in [2.75, 3.05) is 7.11 Å². The Bertz CT molecular complexity index is 793. The third-order valence-electron chi connectivity index (χ3n) is 3.29. The van der Waals surface area contributed by atoms with Crippen molar-refractivity contribution in [2.45, 2.75) is 6.54 Å². The average Bonchev–Trinajstić information content (AvgIpc) is 2.95. The fraction of sp³-hybridized carbons (Fsp3) is 0.125. The lowest BCUT2D eigenvalue weighted by Crippen LogP contribution is -2.23. The Morgan fingerprint density at radius 2 is 2.23 bits per heavy atom. The number of phenols is 1. The number of aromatic nitrogens is 2. The van der Waals surface area contributed by atoms with Crippen LogP contribution >= 0.6 is 0 Å². The van der Waals surface area contributed by atoms with Gasteiger partial charge in [0.05, 0.1) is 24.9 Å². The number of carbonyl (C=O) groups excluding carboxylic acids is 1. The first-order valence-electron chi connectivity index (χ1n) is 6.75. The summed E-state index contributed by atoms with van der Waals surface area (Å²) in [5.41, 5.74) is 1.76. The number of phenolic OH excluding ortho intramolecular Hbond substituents is 1. The van der Waals surface area contributed by atoms with E-state index in [9.17, 15) is 9.90 Å². The fourth-order valence-electron chi connectivity index (χ4n) is 2.17. The highest BCUT2D eigenvalue weighted by molar-refractivity contribution is 5.96. The smallest absolute Gasteiger partial charge is 0.255 e. The number of nitrogens with zero attached hydrogens (tertiary/aromatic N) is 2. The molecular weight excluding hydrogens is 282 g/mol. The molecule has 0 aliphatic heterocycles. The monoisotopic (exact) mass is 297 g/mol. The van der Waals surface area contributed by atoms with Crippen LogP contribution in [-0.4, -0.2) is 27.5 Å². The maximum absolute atomic E-state index is 12.1. The summed E-state index contributed by atoms with van der Waals surface area (Å²) in [4.78, 5) is 16.5. The second-order valence-corrected chi connectivity index (χ2v) is 4.76. The number of aromatic hydroxyl groups is 1. The van der Waals surface area contributed by atoms with Crippen molar-refractivity contribution in [3.05, 3.63) is 60.0 Å². The normalized spacial score (nSPS) is 10.6. The zero-order valence-electron chi connectivity index (χ0n) is 12.0. The van der Waals surface area contributed by atoms with Crippen LogP contribution < -0.4 is 10.1 Å². The SMILES string of the molecule is COc1ccc(C(=O)NCc2cn3ccccc3n2)c(O)c1. The first-order valence-corrected chi connectivity index (χ1v) is 6.75. The van der Waals surface area contributed by atoms with Crippen LogP contribution in [0.1, 0.15) is 16.1 Å². The number of ether oxygens (including phenoxy) is 1. The Morgan fingerprint density at radius 1 is 1.36 bits per heavy atom. The minimum Gasteiger partial charge on any atom is -0.507 e. The molecule has 0 spiro atoms. The molecule has 112 valence electrons. The topological polar surface area (TPSA) is 75.9 Å². The van der Waals surface area contributed by atoms with Crippen LogP contribution in [0.25, 0.3) is 5.65 Å². The lowest BCUT2D eigenvalue weighted by atomic mass is 10.2. The number of amides is 1. The van der Waals surface area contributed by atoms with Crippen LogP contribution in [0.5, 0.6) is 11.5 Å². The fourth-order valence-corrected chi connectivity index (χ4v) is 2.17. The summed E-state index contributed by atoms with van der Waals surface area (Å²) in [6.07, 6.45) is 3.74. The molecule has 2 aromatic heterocycles. The predicted octanol–water partition coefficient (Wildman–Crippen LogP) is 1.98. The van der Waals surface area contributed by atoms with Crippen LogP contribution in [0, 0.1) is 0 Å². The molecule has 1 aromatic carbocycles. The van der Waals surface area contributed by atoms with Gasteiger partial charge in [0.25, 0.3) is 5.91 Å². The molecule has 1 amide bonds. The number of fused-ring (bicyclic) bond motifs is 1. The molecular formula is C16H15N3O3. The Balaban J connectivity index is 1.71. The summed E-state index contributed by atoms with van der Waals surface area (Å²) < 4.78 is 6.87. The summed E-state index contributed by atoms with van der Waals surface area (Å²) in [7, 11) is 1.50. The van der Waals surface area contributed by atoms with E-state index in [0.717, 1.165) is 11.3 Å². The number of methoxy groups -OCH3 is 1. The predicted molar refractivity (Wildman–Crippen MR) is 81.0 cm³/mol. The number of imidazole rings is 1. The Labute approximate surface area is 127 Å². The molecule has 2 N–H and O–H groups in total. The van der Waals surface area contributed by atoms with Gasteiger partial charge in [0.15, 0.2) is 0 Å². The number of hydrogen-bond donors (Lipinski definition) is 2. The molecule has 0 aliphatic carbocycles. The lowest BCUT2D eigenvalue weighted by molar-refractivity contribution is 0.0948. The van der Waals surface area contributed by atoms with Gasteiger partial charge in [-0.15, -0.1) is 0 Å². The van der Waals surface area contributed by atoms with Gasteiger partial charge in [-0.1, -0.05) is 6.07 Å². The van der Waals surface area contributed by atoms with E-state index in [1.54, 1.807) is 6.07 Å². The zero-order chi connectivity index (χ0) is 15.5. The van der Waals surface area contributed by atoms with E-state index in [2.05, 4.69) is 10.3 Å². The van der Waals surface area contributed by atoms with Gasteiger partial charge in [-0.3, -0.25) is 4.79 Å². The highest BCUT2D eigenvalue weighted by Gasteiger charge is 2.12. The van der Waals surface area contributed by atoms with Gasteiger partial charge < -0.3 is 19.6 Å². The van der Waals surface area contributed by atoms with Crippen LogP contribution in [-0.2, 0) is 6.54 Å². The van der Waals surface area contributed by atoms with Gasteiger partial charge in [0, 0.05) is 18.5 Å². The summed E-state index contributed by atoms with van der Waals surface area (Å²) in [6, 6.07) is 10.2. The number of rotatable bonds is 4. The summed E-state index contributed by atoms with van der Waals surface area (Å²) in [5, 5.41) is 12.6. The van der Waals surface area contributed by atoms with Gasteiger partial charge in [-0.25, -0.2) is 4.98 Å². The molecule has 0 atom stereocenters. The molecule has 3 rings (SSSR count). The molecule has 2 heterocycles. The van der Waals surface area contributed by atoms with Gasteiger partial charge in [0.1, 0.15) is 17.1 Å². The van der Waals surface area contributed by atoms with E-state index in [1.807, 2.05) is 35.0 Å². The van der Waals surface area contributed by atoms with E-state index >= 15 is 0 Å². The number of hydrogen-bond acceptors (Lipinski definition) is 4. The van der Waals surface area contributed by atoms with E-state index in [4.69, 9.17) is 4.74 Å². The molecule has 0 saturated carbocycles. The molecule has 0 radical (unpaired) electrons. The minimum atomic E-state index is -0.364. The number of nitrogens with one attached hydrogen (secondary N) is 1. The second-order valence-electron chi connectivity index (χ2n) is 4.76. The molecule has 0 fully saturated rings. The number of benzene rings is 1. The molecule has 0 unspecified atom stereocenters. The Kier molecular flexibility index (Phi) is 3.65. The second kappa shape index (κ2) is 5.77. The van der Waals surface area contributed by atoms with Crippen molar-refractivity contribution in [1.29, 1.82) is 0 Å². The molecule has 3 aromatic rings. The molecule has 0 bridgehead atoms. The summed E-state index contributed by atoms with van der Waals surface area (Å²) in [5.74, 6) is 0.0125. The Morgan fingerprint density at radius 3 is 2.95 bits per heavy atom. The van der Waals surface area contributed by atoms with Crippen molar-refractivity contribution in [3.63, 3.8) is 0 Å². The third-order valence-corrected chi connectivity index (χ3v) is 3.29. The van der Waals surface area contributed by atoms with Crippen LogP contribution in [0.3, 0.4) is 0 Å². The Hall–Kier alpha value is -3.02. The number of carbonyl (C=O) groups is 1. The van der Waals surface area contributed by atoms with Crippen molar-refractivity contribution in [2.24, 2.45) is 0 Å². The van der Waals surface area contributed by atoms with Crippen molar-refractivity contribution in [1.82, 2.24) is 14.7 Å². The van der Waals surface area contributed by atoms with E-state index in [1.165, 1.54) is 19.2 Å². The molecule has 22 heavy (non-hydrogen) atoms. The van der Waals surface area contributed by atoms with Crippen molar-refractivity contribution in [3.8, 4) is 11.5 Å². The van der Waals surface area contributed by atoms with Crippen LogP contribution in [0.15, 0.2) is 48.8 Å². The minimum absolute atomic E-state index is 0.119. The van der Waals surface area contributed by atoms with Gasteiger partial charge in [0.2, 0.25) is 0 Å². The molecule has 0 aliphatic rings. The van der Waals surface area contributed by atoms with Crippen molar-refractivity contribution >= 4 is 11.6 Å². The summed E-state index contributed by atoms with van der Waals surface area (Å²) >= 11 is 0. The molecule has 6 heteroatoms. The third kappa shape index (κ3) is 2.71. The molecule has 0 saturated heterocycles. The average molecular weight is 297 g/mol. The first-order chi connectivity index (χ1) is 10.7. The van der Waals surface area contributed by atoms with E-state index in [0.29, 0.717) is 5.75 Å². The zero-order valence-corrected chi connectivity index (χ0v) is 12.0. The quantitative estimate of drug-likeness (QED) is 0.772. The standard InChI is InChI=1S/C16H15N3O3/c1-22-12-5-6-13(14(20)8-12)16(21)17-9-11-10-19-7-3-2-4-15(19)18-11/h2-8,10,20H,9H2,1H3,(H,17,21). The van der Waals surface area contributed by atoms with E-state index in [-0.39, 0.29) is 23.8 Å².